The molecule has 1 saturated carbocycles. The van der Waals surface area contributed by atoms with Crippen LogP contribution in [0.2, 0.25) is 0 Å². The Balaban J connectivity index is 1.67. The van der Waals surface area contributed by atoms with Gasteiger partial charge < -0.3 is 15.2 Å². The number of nitrogens with one attached hydrogen (secondary N) is 1. The van der Waals surface area contributed by atoms with Gasteiger partial charge in [0, 0.05) is 5.56 Å². The minimum absolute atomic E-state index is 0.119. The van der Waals surface area contributed by atoms with Crippen molar-refractivity contribution in [1.29, 1.82) is 0 Å². The van der Waals surface area contributed by atoms with E-state index in [4.69, 9.17) is 9.84 Å². The minimum Gasteiger partial charge on any atom is -0.493 e. The molecule has 0 radical (unpaired) electrons. The Hall–Kier alpha value is -1.62. The Kier molecular flexibility index (Phi) is 4.62. The number of benzene rings is 1. The highest BCUT2D eigenvalue weighted by Crippen LogP contribution is 2.46. The molecule has 3 rings (SSSR count). The van der Waals surface area contributed by atoms with Crippen molar-refractivity contribution >= 4 is 5.97 Å². The van der Waals surface area contributed by atoms with Crippen LogP contribution in [0.4, 0.5) is 4.39 Å². The second kappa shape index (κ2) is 6.65. The zero-order chi connectivity index (χ0) is 15.5. The van der Waals surface area contributed by atoms with Crippen LogP contribution in [-0.2, 0) is 0 Å². The van der Waals surface area contributed by atoms with Gasteiger partial charge in [-0.05, 0) is 69.2 Å². The topological polar surface area (TPSA) is 58.6 Å². The van der Waals surface area contributed by atoms with Crippen LogP contribution in [0.3, 0.4) is 0 Å². The molecular formula is C17H22FNO3. The lowest BCUT2D eigenvalue weighted by molar-refractivity contribution is 0.0691. The summed E-state index contributed by atoms with van der Waals surface area (Å²) < 4.78 is 20.2. The molecule has 2 fully saturated rings. The number of rotatable bonds is 6. The van der Waals surface area contributed by atoms with Crippen LogP contribution in [0.1, 0.15) is 53.9 Å². The molecule has 0 spiro atoms. The maximum atomic E-state index is 14.4. The Morgan fingerprint density at radius 2 is 2.00 bits per heavy atom. The molecule has 1 heterocycles. The number of hydrogen-bond acceptors (Lipinski definition) is 3. The highest BCUT2D eigenvalue weighted by molar-refractivity contribution is 5.88. The monoisotopic (exact) mass is 307 g/mol. The number of halogens is 1. The third-order valence-corrected chi connectivity index (χ3v) is 4.60. The van der Waals surface area contributed by atoms with Crippen LogP contribution in [-0.4, -0.2) is 30.8 Å². The number of piperidine rings is 1. The summed E-state index contributed by atoms with van der Waals surface area (Å²) in [7, 11) is 0. The van der Waals surface area contributed by atoms with Crippen molar-refractivity contribution in [2.75, 3.05) is 19.7 Å². The Morgan fingerprint density at radius 3 is 2.64 bits per heavy atom. The minimum atomic E-state index is -1.22. The van der Waals surface area contributed by atoms with Gasteiger partial charge in [-0.15, -0.1) is 0 Å². The van der Waals surface area contributed by atoms with E-state index in [2.05, 4.69) is 5.32 Å². The quantitative estimate of drug-likeness (QED) is 0.847. The van der Waals surface area contributed by atoms with Crippen LogP contribution < -0.4 is 10.1 Å². The van der Waals surface area contributed by atoms with Crippen LogP contribution in [0.25, 0.3) is 0 Å². The summed E-state index contributed by atoms with van der Waals surface area (Å²) in [6.45, 7) is 2.68. The first-order chi connectivity index (χ1) is 10.7. The van der Waals surface area contributed by atoms with Crippen molar-refractivity contribution < 1.29 is 19.0 Å². The van der Waals surface area contributed by atoms with Gasteiger partial charge in [-0.2, -0.15) is 0 Å². The van der Waals surface area contributed by atoms with Crippen molar-refractivity contribution in [3.05, 3.63) is 29.1 Å². The van der Waals surface area contributed by atoms with Crippen molar-refractivity contribution in [2.24, 2.45) is 5.92 Å². The summed E-state index contributed by atoms with van der Waals surface area (Å²) in [6.07, 6.45) is 5.10. The molecule has 1 aliphatic carbocycles. The largest absolute Gasteiger partial charge is 0.493 e. The SMILES string of the molecule is O=C(O)c1ccc(OCCC2CCNCC2)c(C2CC2)c1F. The highest BCUT2D eigenvalue weighted by Gasteiger charge is 2.32. The van der Waals surface area contributed by atoms with Gasteiger partial charge in [-0.3, -0.25) is 0 Å². The molecule has 4 nitrogen and oxygen atoms in total. The summed E-state index contributed by atoms with van der Waals surface area (Å²) in [5.74, 6) is -0.532. The Morgan fingerprint density at radius 1 is 1.27 bits per heavy atom. The summed E-state index contributed by atoms with van der Waals surface area (Å²) in [5.41, 5.74) is 0.206. The molecule has 0 unspecified atom stereocenters. The predicted molar refractivity (Wildman–Crippen MR) is 81.0 cm³/mol. The normalized spacial score (nSPS) is 19.1. The Bertz CT molecular complexity index is 551. The number of aromatic carboxylic acids is 1. The molecule has 0 aromatic heterocycles. The molecule has 0 atom stereocenters. The maximum Gasteiger partial charge on any atom is 0.338 e. The van der Waals surface area contributed by atoms with Gasteiger partial charge in [0.15, 0.2) is 0 Å². The first kappa shape index (κ1) is 15.3. The van der Waals surface area contributed by atoms with E-state index in [1.54, 1.807) is 6.07 Å². The van der Waals surface area contributed by atoms with Gasteiger partial charge in [0.05, 0.1) is 12.2 Å². The number of ether oxygens (including phenoxy) is 1. The van der Waals surface area contributed by atoms with Crippen molar-refractivity contribution in [3.63, 3.8) is 0 Å². The van der Waals surface area contributed by atoms with Crippen LogP contribution >= 0.6 is 0 Å². The number of carboxylic acids is 1. The molecule has 120 valence electrons. The summed E-state index contributed by atoms with van der Waals surface area (Å²) in [5, 5.41) is 12.4. The van der Waals surface area contributed by atoms with Crippen LogP contribution in [0, 0.1) is 11.7 Å². The fraction of sp³-hybridized carbons (Fsp3) is 0.588. The second-order valence-corrected chi connectivity index (χ2v) is 6.25. The smallest absolute Gasteiger partial charge is 0.338 e. The predicted octanol–water partition coefficient (Wildman–Crippen LogP) is 3.17. The average Bonchev–Trinajstić information content (AvgIpc) is 3.33. The first-order valence-corrected chi connectivity index (χ1v) is 8.06. The van der Waals surface area contributed by atoms with Gasteiger partial charge in [0.1, 0.15) is 11.6 Å². The Labute approximate surface area is 129 Å². The van der Waals surface area contributed by atoms with Gasteiger partial charge in [-0.25, -0.2) is 9.18 Å². The lowest BCUT2D eigenvalue weighted by Gasteiger charge is -2.22. The molecule has 5 heteroatoms. The standard InChI is InChI=1S/C17H22FNO3/c18-16-13(17(20)21)3-4-14(15(16)12-1-2-12)22-10-7-11-5-8-19-9-6-11/h3-4,11-12,19H,1-2,5-10H2,(H,20,21). The van der Waals surface area contributed by atoms with E-state index in [1.807, 2.05) is 0 Å². The second-order valence-electron chi connectivity index (χ2n) is 6.25. The van der Waals surface area contributed by atoms with E-state index in [1.165, 1.54) is 6.07 Å². The van der Waals surface area contributed by atoms with Gasteiger partial charge in [0.2, 0.25) is 0 Å². The van der Waals surface area contributed by atoms with E-state index < -0.39 is 11.8 Å². The van der Waals surface area contributed by atoms with Gasteiger partial charge >= 0.3 is 5.97 Å². The zero-order valence-electron chi connectivity index (χ0n) is 12.6. The highest BCUT2D eigenvalue weighted by atomic mass is 19.1. The average molecular weight is 307 g/mol. The first-order valence-electron chi connectivity index (χ1n) is 8.06. The molecule has 0 amide bonds. The van der Waals surface area contributed by atoms with E-state index in [9.17, 15) is 9.18 Å². The fourth-order valence-electron chi connectivity index (χ4n) is 3.12. The zero-order valence-corrected chi connectivity index (χ0v) is 12.6. The number of carboxylic acid groups (broad SMARTS) is 1. The molecule has 22 heavy (non-hydrogen) atoms. The van der Waals surface area contributed by atoms with E-state index in [-0.39, 0.29) is 11.5 Å². The maximum absolute atomic E-state index is 14.4. The van der Waals surface area contributed by atoms with Gasteiger partial charge in [-0.1, -0.05) is 0 Å². The number of hydrogen-bond donors (Lipinski definition) is 2. The fourth-order valence-corrected chi connectivity index (χ4v) is 3.12. The van der Waals surface area contributed by atoms with Crippen molar-refractivity contribution in [1.82, 2.24) is 5.32 Å². The lowest BCUT2D eigenvalue weighted by atomic mass is 9.95. The molecule has 0 bridgehead atoms. The van der Waals surface area contributed by atoms with E-state index in [0.717, 1.165) is 45.2 Å². The summed E-state index contributed by atoms with van der Waals surface area (Å²) in [4.78, 5) is 11.1. The van der Waals surface area contributed by atoms with Crippen molar-refractivity contribution in [2.45, 2.75) is 38.0 Å². The molecule has 1 aromatic carbocycles. The molecule has 2 N–H and O–H groups in total. The third-order valence-electron chi connectivity index (χ3n) is 4.60. The lowest BCUT2D eigenvalue weighted by Crippen LogP contribution is -2.28. The van der Waals surface area contributed by atoms with Crippen molar-refractivity contribution in [3.8, 4) is 5.75 Å². The molecule has 1 aromatic rings. The van der Waals surface area contributed by atoms with Gasteiger partial charge in [0.25, 0.3) is 0 Å². The number of carbonyl (C=O) groups is 1. The summed E-state index contributed by atoms with van der Waals surface area (Å²) >= 11 is 0. The molecule has 1 saturated heterocycles. The van der Waals surface area contributed by atoms with E-state index >= 15 is 0 Å². The van der Waals surface area contributed by atoms with Crippen LogP contribution in [0.5, 0.6) is 5.75 Å². The molecule has 1 aliphatic heterocycles. The molecular weight excluding hydrogens is 285 g/mol. The van der Waals surface area contributed by atoms with E-state index in [0.29, 0.717) is 23.8 Å². The summed E-state index contributed by atoms with van der Waals surface area (Å²) in [6, 6.07) is 2.92. The molecule has 2 aliphatic rings. The van der Waals surface area contributed by atoms with Crippen LogP contribution in [0.15, 0.2) is 12.1 Å². The third kappa shape index (κ3) is 3.40.